The Hall–Kier alpha value is -2.66. The number of amides is 1. The van der Waals surface area contributed by atoms with E-state index in [1.807, 2.05) is 55.5 Å². The van der Waals surface area contributed by atoms with Crippen LogP contribution in [0.3, 0.4) is 0 Å². The van der Waals surface area contributed by atoms with E-state index in [1.165, 1.54) is 0 Å². The minimum atomic E-state index is -0.208. The van der Waals surface area contributed by atoms with E-state index >= 15 is 0 Å². The lowest BCUT2D eigenvalue weighted by Crippen LogP contribution is -2.14. The molecule has 3 rings (SSSR count). The monoisotopic (exact) mass is 381 g/mol. The fraction of sp³-hybridized carbons (Fsp3) is 0.0526. The summed E-state index contributed by atoms with van der Waals surface area (Å²) in [5.74, 6) is 0.318. The van der Waals surface area contributed by atoms with Crippen molar-refractivity contribution in [3.63, 3.8) is 0 Å². The van der Waals surface area contributed by atoms with Crippen LogP contribution < -0.4 is 10.6 Å². The van der Waals surface area contributed by atoms with Gasteiger partial charge in [0.05, 0.1) is 5.56 Å². The molecule has 1 heterocycles. The minimum Gasteiger partial charge on any atom is -0.340 e. The Labute approximate surface area is 149 Å². The molecule has 0 spiro atoms. The van der Waals surface area contributed by atoms with Gasteiger partial charge in [-0.05, 0) is 61.0 Å². The van der Waals surface area contributed by atoms with Crippen LogP contribution in [0.1, 0.15) is 15.9 Å². The van der Waals surface area contributed by atoms with Crippen molar-refractivity contribution in [2.24, 2.45) is 0 Å². The van der Waals surface area contributed by atoms with Gasteiger partial charge in [-0.2, -0.15) is 0 Å². The van der Waals surface area contributed by atoms with Gasteiger partial charge in [0.25, 0.3) is 5.91 Å². The normalized spacial score (nSPS) is 10.2. The molecule has 2 aromatic carbocycles. The van der Waals surface area contributed by atoms with Gasteiger partial charge in [0.15, 0.2) is 0 Å². The Morgan fingerprint density at radius 3 is 2.54 bits per heavy atom. The topological polar surface area (TPSA) is 54.0 Å². The van der Waals surface area contributed by atoms with Crippen LogP contribution in [0, 0.1) is 6.92 Å². The van der Waals surface area contributed by atoms with Gasteiger partial charge < -0.3 is 10.6 Å². The van der Waals surface area contributed by atoms with Crippen LogP contribution in [0.2, 0.25) is 0 Å². The molecule has 3 aromatic rings. The summed E-state index contributed by atoms with van der Waals surface area (Å²) < 4.78 is 0.962. The largest absolute Gasteiger partial charge is 0.340 e. The van der Waals surface area contributed by atoms with E-state index in [9.17, 15) is 4.79 Å². The van der Waals surface area contributed by atoms with Gasteiger partial charge in [-0.25, -0.2) is 4.98 Å². The molecule has 1 aromatic heterocycles. The van der Waals surface area contributed by atoms with E-state index in [1.54, 1.807) is 18.3 Å². The molecule has 4 nitrogen and oxygen atoms in total. The Morgan fingerprint density at radius 1 is 1.00 bits per heavy atom. The number of nitrogens with one attached hydrogen (secondary N) is 2. The molecule has 24 heavy (non-hydrogen) atoms. The Kier molecular flexibility index (Phi) is 4.91. The highest BCUT2D eigenvalue weighted by Gasteiger charge is 2.13. The molecule has 0 aliphatic rings. The van der Waals surface area contributed by atoms with E-state index in [4.69, 9.17) is 0 Å². The highest BCUT2D eigenvalue weighted by Crippen LogP contribution is 2.21. The molecule has 5 heteroatoms. The van der Waals surface area contributed by atoms with Crippen LogP contribution in [0.15, 0.2) is 71.3 Å². The molecule has 2 N–H and O–H groups in total. The first-order valence-corrected chi connectivity index (χ1v) is 8.27. The second-order valence-corrected chi connectivity index (χ2v) is 6.27. The van der Waals surface area contributed by atoms with Crippen molar-refractivity contribution in [1.82, 2.24) is 4.98 Å². The van der Waals surface area contributed by atoms with Gasteiger partial charge in [-0.1, -0.05) is 28.1 Å². The molecule has 0 saturated heterocycles. The van der Waals surface area contributed by atoms with Crippen molar-refractivity contribution < 1.29 is 4.79 Å². The van der Waals surface area contributed by atoms with Gasteiger partial charge in [0.2, 0.25) is 0 Å². The number of carbonyl (C=O) groups excluding carboxylic acids is 1. The number of anilines is 3. The van der Waals surface area contributed by atoms with Crippen molar-refractivity contribution in [3.05, 3.63) is 82.5 Å². The lowest BCUT2D eigenvalue weighted by molar-refractivity contribution is 0.102. The predicted molar refractivity (Wildman–Crippen MR) is 101 cm³/mol. The first-order chi connectivity index (χ1) is 11.6. The van der Waals surface area contributed by atoms with Crippen LogP contribution in [0.25, 0.3) is 0 Å². The SMILES string of the molecule is Cc1cccc(Nc2ncccc2C(=O)Nc2ccc(Br)cc2)c1. The zero-order valence-corrected chi connectivity index (χ0v) is 14.7. The van der Waals surface area contributed by atoms with Gasteiger partial charge in [0, 0.05) is 22.0 Å². The number of hydrogen-bond acceptors (Lipinski definition) is 3. The van der Waals surface area contributed by atoms with E-state index < -0.39 is 0 Å². The van der Waals surface area contributed by atoms with Crippen LogP contribution in [0.5, 0.6) is 0 Å². The molecule has 0 saturated carbocycles. The summed E-state index contributed by atoms with van der Waals surface area (Å²) in [7, 11) is 0. The summed E-state index contributed by atoms with van der Waals surface area (Å²) in [5, 5.41) is 6.09. The van der Waals surface area contributed by atoms with Crippen LogP contribution in [0.4, 0.5) is 17.2 Å². The number of nitrogens with zero attached hydrogens (tertiary/aromatic N) is 1. The van der Waals surface area contributed by atoms with E-state index in [0.29, 0.717) is 11.4 Å². The molecule has 120 valence electrons. The smallest absolute Gasteiger partial charge is 0.259 e. The van der Waals surface area contributed by atoms with Gasteiger partial charge in [-0.3, -0.25) is 4.79 Å². The summed E-state index contributed by atoms with van der Waals surface area (Å²) in [5.41, 5.74) is 3.25. The average Bonchev–Trinajstić information content (AvgIpc) is 2.57. The lowest BCUT2D eigenvalue weighted by atomic mass is 10.2. The summed E-state index contributed by atoms with van der Waals surface area (Å²) in [6.07, 6.45) is 1.66. The standard InChI is InChI=1S/C19H16BrN3O/c1-13-4-2-5-16(12-13)22-18-17(6-3-11-21-18)19(24)23-15-9-7-14(20)8-10-15/h2-12H,1H3,(H,21,22)(H,23,24). The summed E-state index contributed by atoms with van der Waals surface area (Å²) in [4.78, 5) is 16.9. The highest BCUT2D eigenvalue weighted by molar-refractivity contribution is 9.10. The third kappa shape index (κ3) is 4.00. The van der Waals surface area contributed by atoms with E-state index in [2.05, 4.69) is 31.5 Å². The average molecular weight is 382 g/mol. The van der Waals surface area contributed by atoms with E-state index in [0.717, 1.165) is 21.4 Å². The Balaban J connectivity index is 1.83. The number of rotatable bonds is 4. The quantitative estimate of drug-likeness (QED) is 0.656. The third-order valence-corrected chi connectivity index (χ3v) is 3.96. The van der Waals surface area contributed by atoms with Gasteiger partial charge in [-0.15, -0.1) is 0 Å². The zero-order chi connectivity index (χ0) is 16.9. The maximum Gasteiger partial charge on any atom is 0.259 e. The van der Waals surface area contributed by atoms with Crippen molar-refractivity contribution in [2.45, 2.75) is 6.92 Å². The second-order valence-electron chi connectivity index (χ2n) is 5.36. The first-order valence-electron chi connectivity index (χ1n) is 7.47. The molecule has 0 radical (unpaired) electrons. The molecule has 0 aliphatic carbocycles. The number of halogens is 1. The third-order valence-electron chi connectivity index (χ3n) is 3.44. The molecule has 0 bridgehead atoms. The number of benzene rings is 2. The molecular formula is C19H16BrN3O. The van der Waals surface area contributed by atoms with E-state index in [-0.39, 0.29) is 5.91 Å². The van der Waals surface area contributed by atoms with Crippen LogP contribution in [-0.2, 0) is 0 Å². The molecule has 0 unspecified atom stereocenters. The predicted octanol–water partition coefficient (Wildman–Crippen LogP) is 5.15. The number of aromatic nitrogens is 1. The molecule has 0 atom stereocenters. The van der Waals surface area contributed by atoms with Gasteiger partial charge >= 0.3 is 0 Å². The summed E-state index contributed by atoms with van der Waals surface area (Å²) in [6.45, 7) is 2.02. The number of carbonyl (C=O) groups is 1. The molecular weight excluding hydrogens is 366 g/mol. The maximum atomic E-state index is 12.6. The van der Waals surface area contributed by atoms with Crippen molar-refractivity contribution in [2.75, 3.05) is 10.6 Å². The maximum absolute atomic E-state index is 12.6. The van der Waals surface area contributed by atoms with Crippen LogP contribution >= 0.6 is 15.9 Å². The number of pyridine rings is 1. The Bertz CT molecular complexity index is 862. The van der Waals surface area contributed by atoms with Gasteiger partial charge in [0.1, 0.15) is 5.82 Å². The van der Waals surface area contributed by atoms with Crippen molar-refractivity contribution in [3.8, 4) is 0 Å². The highest BCUT2D eigenvalue weighted by atomic mass is 79.9. The lowest BCUT2D eigenvalue weighted by Gasteiger charge is -2.11. The fourth-order valence-electron chi connectivity index (χ4n) is 2.28. The van der Waals surface area contributed by atoms with Crippen molar-refractivity contribution >= 4 is 39.0 Å². The first kappa shape index (κ1) is 16.2. The summed E-state index contributed by atoms with van der Waals surface area (Å²) in [6, 6.07) is 18.9. The minimum absolute atomic E-state index is 0.208. The molecule has 1 amide bonds. The molecule has 0 fully saturated rings. The van der Waals surface area contributed by atoms with Crippen molar-refractivity contribution in [1.29, 1.82) is 0 Å². The molecule has 0 aliphatic heterocycles. The fourth-order valence-corrected chi connectivity index (χ4v) is 2.54. The number of aryl methyl sites for hydroxylation is 1. The second kappa shape index (κ2) is 7.27. The summed E-state index contributed by atoms with van der Waals surface area (Å²) >= 11 is 3.38. The zero-order valence-electron chi connectivity index (χ0n) is 13.1. The number of hydrogen-bond donors (Lipinski definition) is 2. The van der Waals surface area contributed by atoms with Crippen LogP contribution in [-0.4, -0.2) is 10.9 Å². The Morgan fingerprint density at radius 2 is 1.79 bits per heavy atom.